The summed E-state index contributed by atoms with van der Waals surface area (Å²) in [6, 6.07) is 15.2. The molecule has 8 nitrogen and oxygen atoms in total. The van der Waals surface area contributed by atoms with E-state index in [1.54, 1.807) is 12.1 Å². The second-order valence-corrected chi connectivity index (χ2v) is 10.2. The average Bonchev–Trinajstić information content (AvgIpc) is 3.23. The first-order valence-corrected chi connectivity index (χ1v) is 12.4. The minimum Gasteiger partial charge on any atom is -0.494 e. The van der Waals surface area contributed by atoms with E-state index >= 15 is 0 Å². The van der Waals surface area contributed by atoms with E-state index in [4.69, 9.17) is 27.9 Å². The molecule has 170 valence electrons. The number of anilines is 2. The summed E-state index contributed by atoms with van der Waals surface area (Å²) in [4.78, 5) is 16.9. The van der Waals surface area contributed by atoms with Crippen LogP contribution in [0.5, 0.6) is 5.75 Å². The van der Waals surface area contributed by atoms with Crippen molar-refractivity contribution < 1.29 is 17.9 Å². The van der Waals surface area contributed by atoms with Crippen LogP contribution in [0.1, 0.15) is 10.4 Å². The van der Waals surface area contributed by atoms with Gasteiger partial charge in [0.25, 0.3) is 15.9 Å². The van der Waals surface area contributed by atoms with Gasteiger partial charge in [0, 0.05) is 16.3 Å². The Balaban J connectivity index is 1.42. The Morgan fingerprint density at radius 3 is 2.36 bits per heavy atom. The van der Waals surface area contributed by atoms with Crippen LogP contribution in [0, 0.1) is 0 Å². The van der Waals surface area contributed by atoms with E-state index in [9.17, 15) is 13.2 Å². The standard InChI is InChI=1S/C21H16Cl2N4O4S2/c1-31-17-11-10-16(23)19-18(17)24-21(32-19)26-25-20(28)12-2-6-14(7-3-12)27-33(29,30)15-8-4-13(22)5-9-15/h2-11,27H,1H3,(H,24,26)(H,25,28). The zero-order chi connectivity index (χ0) is 23.6. The van der Waals surface area contributed by atoms with Crippen molar-refractivity contribution in [1.82, 2.24) is 10.4 Å². The second-order valence-electron chi connectivity index (χ2n) is 6.66. The Morgan fingerprint density at radius 1 is 1.00 bits per heavy atom. The summed E-state index contributed by atoms with van der Waals surface area (Å²) in [6.07, 6.45) is 0. The Morgan fingerprint density at radius 2 is 1.70 bits per heavy atom. The topological polar surface area (TPSA) is 109 Å². The molecule has 0 bridgehead atoms. The fourth-order valence-corrected chi connectivity index (χ4v) is 5.16. The molecule has 33 heavy (non-hydrogen) atoms. The molecular formula is C21H16Cl2N4O4S2. The lowest BCUT2D eigenvalue weighted by atomic mass is 10.2. The van der Waals surface area contributed by atoms with Gasteiger partial charge in [-0.05, 0) is 60.7 Å². The molecule has 0 spiro atoms. The van der Waals surface area contributed by atoms with E-state index in [1.807, 2.05) is 0 Å². The number of ether oxygens (including phenoxy) is 1. The molecule has 12 heteroatoms. The van der Waals surface area contributed by atoms with Gasteiger partial charge in [-0.15, -0.1) is 0 Å². The molecule has 3 N–H and O–H groups in total. The number of nitrogens with zero attached hydrogens (tertiary/aromatic N) is 1. The van der Waals surface area contributed by atoms with Crippen molar-refractivity contribution >= 4 is 71.5 Å². The zero-order valence-electron chi connectivity index (χ0n) is 16.9. The Hall–Kier alpha value is -3.05. The van der Waals surface area contributed by atoms with Crippen molar-refractivity contribution in [3.8, 4) is 5.75 Å². The number of hydrogen-bond acceptors (Lipinski definition) is 7. The quantitative estimate of drug-likeness (QED) is 0.289. The summed E-state index contributed by atoms with van der Waals surface area (Å²) in [5.41, 5.74) is 6.53. The summed E-state index contributed by atoms with van der Waals surface area (Å²) in [5, 5.41) is 1.39. The van der Waals surface area contributed by atoms with E-state index in [1.165, 1.54) is 67.0 Å². The van der Waals surface area contributed by atoms with Gasteiger partial charge in [0.1, 0.15) is 11.3 Å². The Labute approximate surface area is 203 Å². The van der Waals surface area contributed by atoms with Gasteiger partial charge >= 0.3 is 0 Å². The van der Waals surface area contributed by atoms with Gasteiger partial charge in [-0.2, -0.15) is 0 Å². The third-order valence-electron chi connectivity index (χ3n) is 4.48. The van der Waals surface area contributed by atoms with Crippen LogP contribution in [0.25, 0.3) is 10.2 Å². The van der Waals surface area contributed by atoms with Crippen molar-refractivity contribution in [3.05, 3.63) is 76.3 Å². The van der Waals surface area contributed by atoms with Crippen LogP contribution in [0.2, 0.25) is 10.0 Å². The monoisotopic (exact) mass is 522 g/mol. The SMILES string of the molecule is COc1ccc(Cl)c2sc(NNC(=O)c3ccc(NS(=O)(=O)c4ccc(Cl)cc4)cc3)nc12. The van der Waals surface area contributed by atoms with Gasteiger partial charge < -0.3 is 4.74 Å². The third kappa shape index (κ3) is 5.14. The summed E-state index contributed by atoms with van der Waals surface area (Å²) in [6.45, 7) is 0. The molecule has 0 saturated carbocycles. The lowest BCUT2D eigenvalue weighted by molar-refractivity contribution is 0.0962. The highest BCUT2D eigenvalue weighted by atomic mass is 35.5. The minimum atomic E-state index is -3.78. The van der Waals surface area contributed by atoms with Crippen LogP contribution in [0.15, 0.2) is 65.6 Å². The molecule has 4 aromatic rings. The van der Waals surface area contributed by atoms with E-state index in [0.29, 0.717) is 37.7 Å². The fourth-order valence-electron chi connectivity index (χ4n) is 2.87. The number of carbonyl (C=O) groups is 1. The number of methoxy groups -OCH3 is 1. The highest BCUT2D eigenvalue weighted by molar-refractivity contribution is 7.92. The van der Waals surface area contributed by atoms with Crippen molar-refractivity contribution in [3.63, 3.8) is 0 Å². The summed E-state index contributed by atoms with van der Waals surface area (Å²) in [5.74, 6) is 0.140. The number of fused-ring (bicyclic) bond motifs is 1. The molecule has 0 radical (unpaired) electrons. The molecule has 0 atom stereocenters. The van der Waals surface area contributed by atoms with E-state index < -0.39 is 15.9 Å². The van der Waals surface area contributed by atoms with Crippen LogP contribution in [-0.2, 0) is 10.0 Å². The van der Waals surface area contributed by atoms with Gasteiger partial charge in [-0.1, -0.05) is 34.5 Å². The summed E-state index contributed by atoms with van der Waals surface area (Å²) < 4.78 is 33.4. The average molecular weight is 523 g/mol. The lowest BCUT2D eigenvalue weighted by Gasteiger charge is -2.09. The Kier molecular flexibility index (Phi) is 6.61. The number of hydrogen-bond donors (Lipinski definition) is 3. The molecule has 1 aromatic heterocycles. The van der Waals surface area contributed by atoms with Crippen molar-refractivity contribution in [2.24, 2.45) is 0 Å². The minimum absolute atomic E-state index is 0.0745. The van der Waals surface area contributed by atoms with Gasteiger partial charge in [-0.25, -0.2) is 13.4 Å². The molecule has 0 unspecified atom stereocenters. The maximum atomic E-state index is 12.5. The highest BCUT2D eigenvalue weighted by Gasteiger charge is 2.15. The molecule has 1 heterocycles. The molecule has 0 aliphatic heterocycles. The first-order chi connectivity index (χ1) is 15.8. The predicted molar refractivity (Wildman–Crippen MR) is 131 cm³/mol. The molecule has 0 aliphatic rings. The smallest absolute Gasteiger partial charge is 0.269 e. The number of halogens is 2. The number of thiazole rings is 1. The number of benzene rings is 3. The third-order valence-corrected chi connectivity index (χ3v) is 7.56. The van der Waals surface area contributed by atoms with Gasteiger partial charge in [-0.3, -0.25) is 20.4 Å². The van der Waals surface area contributed by atoms with Gasteiger partial charge in [0.15, 0.2) is 0 Å². The largest absolute Gasteiger partial charge is 0.494 e. The maximum Gasteiger partial charge on any atom is 0.269 e. The molecule has 0 fully saturated rings. The number of amides is 1. The van der Waals surface area contributed by atoms with E-state index in [2.05, 4.69) is 20.6 Å². The van der Waals surface area contributed by atoms with Crippen LogP contribution in [-0.4, -0.2) is 26.4 Å². The van der Waals surface area contributed by atoms with E-state index in [-0.39, 0.29) is 4.90 Å². The van der Waals surface area contributed by atoms with Crippen molar-refractivity contribution in [1.29, 1.82) is 0 Å². The molecule has 3 aromatic carbocycles. The number of hydrazine groups is 1. The van der Waals surface area contributed by atoms with Crippen LogP contribution >= 0.6 is 34.5 Å². The predicted octanol–water partition coefficient (Wildman–Crippen LogP) is 5.17. The number of sulfonamides is 1. The summed E-state index contributed by atoms with van der Waals surface area (Å²) >= 11 is 13.3. The molecule has 0 saturated heterocycles. The van der Waals surface area contributed by atoms with Crippen LogP contribution < -0.4 is 20.3 Å². The molecule has 0 aliphatic carbocycles. The number of aromatic nitrogens is 1. The molecule has 4 rings (SSSR count). The summed E-state index contributed by atoms with van der Waals surface area (Å²) in [7, 11) is -2.24. The van der Waals surface area contributed by atoms with Crippen LogP contribution in [0.3, 0.4) is 0 Å². The number of rotatable bonds is 7. The maximum absolute atomic E-state index is 12.5. The number of carbonyl (C=O) groups excluding carboxylic acids is 1. The molecular weight excluding hydrogens is 507 g/mol. The van der Waals surface area contributed by atoms with Crippen LogP contribution in [0.4, 0.5) is 10.8 Å². The van der Waals surface area contributed by atoms with Gasteiger partial charge in [0.05, 0.1) is 21.7 Å². The van der Waals surface area contributed by atoms with Crippen molar-refractivity contribution in [2.75, 3.05) is 17.3 Å². The zero-order valence-corrected chi connectivity index (χ0v) is 20.1. The fraction of sp³-hybridized carbons (Fsp3) is 0.0476. The van der Waals surface area contributed by atoms with E-state index in [0.717, 1.165) is 4.70 Å². The van der Waals surface area contributed by atoms with Crippen molar-refractivity contribution in [2.45, 2.75) is 4.90 Å². The second kappa shape index (κ2) is 9.44. The molecule has 1 amide bonds. The lowest BCUT2D eigenvalue weighted by Crippen LogP contribution is -2.29. The highest BCUT2D eigenvalue weighted by Crippen LogP contribution is 2.37. The normalized spacial score (nSPS) is 11.2. The number of nitrogens with one attached hydrogen (secondary N) is 3. The first-order valence-electron chi connectivity index (χ1n) is 9.34. The Bertz CT molecular complexity index is 1420. The van der Waals surface area contributed by atoms with Gasteiger partial charge in [0.2, 0.25) is 5.13 Å². The first kappa shape index (κ1) is 23.1.